The van der Waals surface area contributed by atoms with Crippen LogP contribution in [0.3, 0.4) is 0 Å². The molecule has 0 fully saturated rings. The molecule has 0 amide bonds. The average molecular weight is 297 g/mol. The number of nitro groups is 1. The van der Waals surface area contributed by atoms with Gasteiger partial charge in [-0.1, -0.05) is 0 Å². The summed E-state index contributed by atoms with van der Waals surface area (Å²) in [5.74, 6) is 0. The molecule has 1 aromatic heterocycles. The third kappa shape index (κ3) is 2.35. The van der Waals surface area contributed by atoms with E-state index < -0.39 is 0 Å². The second-order valence-electron chi connectivity index (χ2n) is 3.74. The van der Waals surface area contributed by atoms with Crippen LogP contribution in [0, 0.1) is 10.1 Å². The molecule has 5 heteroatoms. The Bertz CT molecular complexity index is 546. The molecule has 0 radical (unpaired) electrons. The van der Waals surface area contributed by atoms with Gasteiger partial charge in [-0.3, -0.25) is 0 Å². The molecule has 0 N–H and O–H groups in total. The van der Waals surface area contributed by atoms with E-state index >= 15 is 0 Å². The van der Waals surface area contributed by atoms with E-state index in [4.69, 9.17) is 0 Å². The summed E-state index contributed by atoms with van der Waals surface area (Å²) in [5.41, 5.74) is 0.177. The zero-order valence-corrected chi connectivity index (χ0v) is 11.6. The summed E-state index contributed by atoms with van der Waals surface area (Å²) >= 11 is 0.288. The van der Waals surface area contributed by atoms with Crippen LogP contribution in [0.2, 0.25) is 0 Å². The Morgan fingerprint density at radius 3 is 2.59 bits per heavy atom. The fourth-order valence-electron chi connectivity index (χ4n) is 1.82. The van der Waals surface area contributed by atoms with Crippen LogP contribution in [0.1, 0.15) is 13.8 Å². The normalized spacial score (nSPS) is 10.7. The first kappa shape index (κ1) is 12.1. The zero-order chi connectivity index (χ0) is 12.4. The van der Waals surface area contributed by atoms with E-state index in [2.05, 4.69) is 24.8 Å². The first-order valence-corrected chi connectivity index (χ1v) is 7.30. The molecule has 0 aliphatic heterocycles. The van der Waals surface area contributed by atoms with Crippen LogP contribution in [-0.4, -0.2) is 32.5 Å². The van der Waals surface area contributed by atoms with Gasteiger partial charge in [0.25, 0.3) is 0 Å². The molecule has 0 bridgehead atoms. The number of hydrogen-bond acceptors (Lipinski definition) is 3. The van der Waals surface area contributed by atoms with Gasteiger partial charge in [-0.25, -0.2) is 0 Å². The van der Waals surface area contributed by atoms with Crippen molar-refractivity contribution in [2.24, 2.45) is 0 Å². The Kier molecular flexibility index (Phi) is 3.50. The van der Waals surface area contributed by atoms with Gasteiger partial charge in [0, 0.05) is 0 Å². The Morgan fingerprint density at radius 2 is 2.00 bits per heavy atom. The summed E-state index contributed by atoms with van der Waals surface area (Å²) in [6, 6.07) is 7.25. The molecule has 4 nitrogen and oxygen atoms in total. The molecule has 0 spiro atoms. The summed E-state index contributed by atoms with van der Waals surface area (Å²) < 4.78 is 2.56. The summed E-state index contributed by atoms with van der Waals surface area (Å²) in [6.07, 6.45) is 0. The maximum atomic E-state index is 10.7. The fraction of sp³-hybridized carbons (Fsp3) is 0.333. The van der Waals surface area contributed by atoms with Gasteiger partial charge in [0.2, 0.25) is 0 Å². The van der Waals surface area contributed by atoms with Crippen molar-refractivity contribution in [1.29, 1.82) is 0 Å². The van der Waals surface area contributed by atoms with Crippen molar-refractivity contribution in [2.45, 2.75) is 13.8 Å². The van der Waals surface area contributed by atoms with Gasteiger partial charge in [-0.15, -0.1) is 0 Å². The topological polar surface area (TPSA) is 46.4 Å². The Balaban J connectivity index is 2.46. The molecule has 0 atom stereocenters. The van der Waals surface area contributed by atoms with Crippen molar-refractivity contribution in [1.82, 2.24) is 0 Å². The summed E-state index contributed by atoms with van der Waals surface area (Å²) in [4.78, 5) is 12.7. The van der Waals surface area contributed by atoms with Crippen molar-refractivity contribution in [3.8, 4) is 0 Å². The Labute approximate surface area is 106 Å². The summed E-state index contributed by atoms with van der Waals surface area (Å²) in [5, 5.41) is 11.7. The number of rotatable bonds is 4. The van der Waals surface area contributed by atoms with E-state index in [1.54, 1.807) is 12.1 Å². The third-order valence-corrected chi connectivity index (χ3v) is 5.24. The van der Waals surface area contributed by atoms with E-state index in [0.29, 0.717) is 0 Å². The molecule has 90 valence electrons. The van der Waals surface area contributed by atoms with Gasteiger partial charge in [0.15, 0.2) is 0 Å². The number of nitrogens with zero attached hydrogens (tertiary/aromatic N) is 2. The number of hydrogen-bond donors (Lipinski definition) is 0. The first-order chi connectivity index (χ1) is 8.15. The second kappa shape index (κ2) is 4.90. The van der Waals surface area contributed by atoms with Crippen molar-refractivity contribution < 1.29 is 4.92 Å². The van der Waals surface area contributed by atoms with Crippen LogP contribution in [0.25, 0.3) is 9.65 Å². The summed E-state index contributed by atoms with van der Waals surface area (Å²) in [6.45, 7) is 6.23. The van der Waals surface area contributed by atoms with E-state index in [1.807, 2.05) is 6.07 Å². The van der Waals surface area contributed by atoms with Crippen molar-refractivity contribution in [3.05, 3.63) is 34.4 Å². The Morgan fingerprint density at radius 1 is 1.29 bits per heavy atom. The van der Waals surface area contributed by atoms with Crippen LogP contribution in [-0.2, 0) is 0 Å². The van der Waals surface area contributed by atoms with Crippen LogP contribution in [0.4, 0.5) is 10.2 Å². The number of fused-ring (bicyclic) bond motifs is 1. The molecule has 17 heavy (non-hydrogen) atoms. The van der Waals surface area contributed by atoms with Crippen molar-refractivity contribution in [3.63, 3.8) is 0 Å². The predicted octanol–water partition coefficient (Wildman–Crippen LogP) is 2.65. The number of nitro benzene ring substituents is 1. The van der Waals surface area contributed by atoms with E-state index in [0.717, 1.165) is 18.5 Å². The van der Waals surface area contributed by atoms with Gasteiger partial charge >= 0.3 is 106 Å². The first-order valence-electron chi connectivity index (χ1n) is 5.58. The third-order valence-electron chi connectivity index (χ3n) is 2.77. The molecular formula is C12H14N2O2Se. The molecule has 0 aliphatic carbocycles. The van der Waals surface area contributed by atoms with Gasteiger partial charge in [0.05, 0.1) is 0 Å². The zero-order valence-electron chi connectivity index (χ0n) is 9.84. The number of anilines is 1. The van der Waals surface area contributed by atoms with Crippen molar-refractivity contribution in [2.75, 3.05) is 18.0 Å². The maximum absolute atomic E-state index is 10.7. The van der Waals surface area contributed by atoms with E-state index in [9.17, 15) is 10.1 Å². The quantitative estimate of drug-likeness (QED) is 0.495. The van der Waals surface area contributed by atoms with E-state index in [-0.39, 0.29) is 25.1 Å². The second-order valence-corrected chi connectivity index (χ2v) is 5.96. The van der Waals surface area contributed by atoms with Gasteiger partial charge in [-0.05, 0) is 0 Å². The van der Waals surface area contributed by atoms with Crippen molar-refractivity contribution >= 4 is 34.4 Å². The molecule has 0 saturated carbocycles. The molecule has 1 aromatic carbocycles. The van der Waals surface area contributed by atoms with Crippen LogP contribution >= 0.6 is 0 Å². The number of non-ortho nitro benzene ring substituents is 1. The minimum absolute atomic E-state index is 0.177. The molecule has 2 aromatic rings. The standard InChI is InChI=1S/C12H14N2O2Se/c1-3-13(4-2)12-8-9-7-10(14(15)16)5-6-11(9)17-12/h5-8H,3-4H2,1-2H3. The Hall–Kier alpha value is -1.32. The SMILES string of the molecule is CCN(CC)c1cc2cc([N+](=O)[O-])ccc2[se]1. The summed E-state index contributed by atoms with van der Waals surface area (Å²) in [7, 11) is 0. The predicted molar refractivity (Wildman–Crippen MR) is 71.1 cm³/mol. The van der Waals surface area contributed by atoms with Crippen LogP contribution in [0.5, 0.6) is 0 Å². The molecular weight excluding hydrogens is 283 g/mol. The molecule has 0 aliphatic rings. The van der Waals surface area contributed by atoms with Crippen LogP contribution in [0.15, 0.2) is 24.3 Å². The molecule has 0 unspecified atom stereocenters. The van der Waals surface area contributed by atoms with Gasteiger partial charge in [-0.2, -0.15) is 0 Å². The monoisotopic (exact) mass is 298 g/mol. The van der Waals surface area contributed by atoms with Crippen LogP contribution < -0.4 is 4.90 Å². The van der Waals surface area contributed by atoms with Gasteiger partial charge in [0.1, 0.15) is 0 Å². The van der Waals surface area contributed by atoms with Gasteiger partial charge < -0.3 is 0 Å². The minimum atomic E-state index is -0.337. The fourth-order valence-corrected chi connectivity index (χ4v) is 4.28. The number of benzene rings is 1. The van der Waals surface area contributed by atoms with E-state index in [1.165, 1.54) is 8.82 Å². The molecule has 0 saturated heterocycles. The molecule has 1 heterocycles. The average Bonchev–Trinajstić information content (AvgIpc) is 2.72. The molecule has 2 rings (SSSR count).